The fourth-order valence-electron chi connectivity index (χ4n) is 7.72. The molecule has 4 amide bonds. The highest BCUT2D eigenvalue weighted by Crippen LogP contribution is 2.41. The van der Waals surface area contributed by atoms with Crippen LogP contribution in [0.3, 0.4) is 0 Å². The number of carbonyl (C=O) groups is 4. The van der Waals surface area contributed by atoms with E-state index in [1.54, 1.807) is 46.1 Å². The molecule has 16 heteroatoms. The fraction of sp³-hybridized carbons (Fsp3) is 0.489. The van der Waals surface area contributed by atoms with Crippen molar-refractivity contribution in [3.05, 3.63) is 66.2 Å². The molecule has 5 atom stereocenters. The molecule has 3 fully saturated rings. The molecule has 0 unspecified atom stereocenters. The molecule has 326 valence electrons. The van der Waals surface area contributed by atoms with E-state index in [-0.39, 0.29) is 31.2 Å². The summed E-state index contributed by atoms with van der Waals surface area (Å²) in [6.45, 7) is 7.22. The Morgan fingerprint density at radius 1 is 1.03 bits per heavy atom. The van der Waals surface area contributed by atoms with Crippen molar-refractivity contribution in [2.45, 2.75) is 115 Å². The summed E-state index contributed by atoms with van der Waals surface area (Å²) in [7, 11) is -1.97. The van der Waals surface area contributed by atoms with E-state index in [0.29, 0.717) is 59.6 Å². The molecule has 1 aliphatic heterocycles. The average Bonchev–Trinajstić information content (AvgIpc) is 4.13. The van der Waals surface area contributed by atoms with Gasteiger partial charge in [0.25, 0.3) is 0 Å². The molecule has 4 N–H and O–H groups in total. The van der Waals surface area contributed by atoms with Gasteiger partial charge in [0.2, 0.25) is 27.7 Å². The molecular weight excluding hydrogens is 803 g/mol. The molecule has 2 aliphatic carbocycles. The van der Waals surface area contributed by atoms with Crippen LogP contribution in [-0.2, 0) is 29.1 Å². The largest absolute Gasteiger partial charge is 0.497 e. The molecule has 3 heterocycles. The number of unbranched alkanes of at least 4 members (excludes halogenated alkanes) is 3. The van der Waals surface area contributed by atoms with Crippen molar-refractivity contribution < 1.29 is 46.2 Å². The minimum atomic E-state index is -3.56. The zero-order valence-corrected chi connectivity index (χ0v) is 36.1. The van der Waals surface area contributed by atoms with Crippen molar-refractivity contribution in [1.82, 2.24) is 19.9 Å². The second-order valence-electron chi connectivity index (χ2n) is 17.4. The van der Waals surface area contributed by atoms with E-state index in [0.717, 1.165) is 35.8 Å². The Balaban J connectivity index is 1.02. The number of pyridine rings is 1. The third-order valence-electron chi connectivity index (χ3n) is 11.2. The number of nitrogens with two attached hydrogens (primary N) is 1. The molecular formula is C45H55N5O10S. The Bertz CT molecular complexity index is 2440. The number of allylic oxidation sites excluding steroid dienone is 2. The Hall–Kier alpha value is -5.64. The van der Waals surface area contributed by atoms with Crippen LogP contribution in [0.4, 0.5) is 4.79 Å². The molecule has 2 aromatic heterocycles. The maximum atomic E-state index is 14.3. The summed E-state index contributed by atoms with van der Waals surface area (Å²) in [4.78, 5) is 59.1. The molecule has 2 saturated carbocycles. The van der Waals surface area contributed by atoms with Gasteiger partial charge in [-0.25, -0.2) is 18.2 Å². The van der Waals surface area contributed by atoms with Gasteiger partial charge in [-0.2, -0.15) is 0 Å². The second-order valence-corrected chi connectivity index (χ2v) is 19.3. The third kappa shape index (κ3) is 10.6. The summed E-state index contributed by atoms with van der Waals surface area (Å²) in [6, 6.07) is 13.2. The number of amides is 4. The van der Waals surface area contributed by atoms with E-state index < -0.39 is 62.9 Å². The zero-order chi connectivity index (χ0) is 43.6. The number of rotatable bonds is 17. The number of benzene rings is 2. The van der Waals surface area contributed by atoms with Crippen LogP contribution in [0.2, 0.25) is 0 Å². The number of carbonyl (C=O) groups excluding carboxylic acids is 4. The molecule has 2 aromatic carbocycles. The third-order valence-corrected chi connectivity index (χ3v) is 13.1. The minimum absolute atomic E-state index is 0.0172. The first-order chi connectivity index (χ1) is 29.0. The van der Waals surface area contributed by atoms with Crippen LogP contribution in [0.25, 0.3) is 33.3 Å². The number of nitrogens with one attached hydrogen (secondary N) is 2. The molecule has 15 nitrogen and oxygen atoms in total. The number of likely N-dealkylation sites (tertiary alicyclic amines) is 1. The highest BCUT2D eigenvalue weighted by molar-refractivity contribution is 7.90. The van der Waals surface area contributed by atoms with Crippen molar-refractivity contribution >= 4 is 55.9 Å². The van der Waals surface area contributed by atoms with Gasteiger partial charge in [-0.3, -0.25) is 19.1 Å². The van der Waals surface area contributed by atoms with Crippen molar-refractivity contribution in [2.24, 2.45) is 17.6 Å². The van der Waals surface area contributed by atoms with E-state index in [4.69, 9.17) is 29.3 Å². The summed E-state index contributed by atoms with van der Waals surface area (Å²) in [5, 5.41) is 3.04. The van der Waals surface area contributed by atoms with Gasteiger partial charge in [-0.15, -0.1) is 0 Å². The first kappa shape index (κ1) is 43.4. The minimum Gasteiger partial charge on any atom is -0.497 e. The number of furan rings is 1. The summed E-state index contributed by atoms with van der Waals surface area (Å²) >= 11 is 0. The van der Waals surface area contributed by atoms with Crippen molar-refractivity contribution in [3.63, 3.8) is 0 Å². The Labute approximate surface area is 355 Å². The lowest BCUT2D eigenvalue weighted by molar-refractivity contribution is -0.139. The number of nitrogens with zero attached hydrogens (tertiary/aromatic N) is 2. The molecule has 0 spiro atoms. The standard InChI is InChI=1S/C45H55N5O10S/c1-26-13-15-27(16-14-26)35-24-38(40-39(47-35)33-22-29(57-5)17-20-37(33)59-40)58-30-23-36(41(46)51)50(25-30)43(53)34(48-44(54)60-45(2,3)4)12-10-8-6-7-9-11-28-21-32(28)42(52)49-61(55,56)31-18-19-31/h9,11,13-17,20,22,24,28,30-32,34,36H,6-8,10,12,18-19,21,23,25H2,1-5H3,(H2,46,51)(H,48,54)(H,49,52)/b11-9-/t28-,30-,32+,34+,36+/m1/s1. The highest BCUT2D eigenvalue weighted by Gasteiger charge is 2.45. The molecule has 0 radical (unpaired) electrons. The number of methoxy groups -OCH3 is 1. The predicted octanol–water partition coefficient (Wildman–Crippen LogP) is 6.44. The summed E-state index contributed by atoms with van der Waals surface area (Å²) < 4.78 is 50.4. The zero-order valence-electron chi connectivity index (χ0n) is 35.3. The van der Waals surface area contributed by atoms with Gasteiger partial charge in [-0.05, 0) is 90.3 Å². The number of fused-ring (bicyclic) bond motifs is 3. The molecule has 7 rings (SSSR count). The Kier molecular flexibility index (Phi) is 12.6. The number of alkyl carbamates (subject to hydrolysis) is 1. The van der Waals surface area contributed by atoms with Crippen LogP contribution in [0, 0.1) is 18.8 Å². The van der Waals surface area contributed by atoms with Crippen LogP contribution >= 0.6 is 0 Å². The number of hydrogen-bond acceptors (Lipinski definition) is 11. The maximum Gasteiger partial charge on any atom is 0.408 e. The van der Waals surface area contributed by atoms with E-state index in [9.17, 15) is 27.6 Å². The fourth-order valence-corrected chi connectivity index (χ4v) is 9.07. The van der Waals surface area contributed by atoms with Gasteiger partial charge in [0.1, 0.15) is 40.6 Å². The topological polar surface area (TPSA) is 209 Å². The average molecular weight is 858 g/mol. The number of primary amides is 1. The Morgan fingerprint density at radius 3 is 2.48 bits per heavy atom. The molecule has 3 aliphatic rings. The summed E-state index contributed by atoms with van der Waals surface area (Å²) in [5.74, 6) is -0.889. The molecule has 61 heavy (non-hydrogen) atoms. The number of aryl methyl sites for hydroxylation is 1. The van der Waals surface area contributed by atoms with E-state index in [1.807, 2.05) is 49.4 Å². The van der Waals surface area contributed by atoms with Gasteiger partial charge in [-0.1, -0.05) is 54.8 Å². The van der Waals surface area contributed by atoms with Gasteiger partial charge >= 0.3 is 6.09 Å². The van der Waals surface area contributed by atoms with Crippen molar-refractivity contribution in [1.29, 1.82) is 0 Å². The van der Waals surface area contributed by atoms with Crippen LogP contribution < -0.4 is 25.2 Å². The lowest BCUT2D eigenvalue weighted by Gasteiger charge is -2.28. The molecule has 4 aromatic rings. The number of aromatic nitrogens is 1. The molecule has 0 bridgehead atoms. The molecule has 1 saturated heterocycles. The van der Waals surface area contributed by atoms with Crippen molar-refractivity contribution in [2.75, 3.05) is 13.7 Å². The van der Waals surface area contributed by atoms with Gasteiger partial charge in [0, 0.05) is 24.0 Å². The van der Waals surface area contributed by atoms with Gasteiger partial charge in [0.05, 0.1) is 30.0 Å². The SMILES string of the molecule is COc1ccc2oc3c(O[C@@H]4C[C@@H](C(N)=O)N(C(=O)[C@H](CCCCC/C=C\[C@@H]5C[C@@H]5C(=O)NS(=O)(=O)C5CC5)NC(=O)OC(C)(C)C)C4)cc(-c4ccc(C)cc4)nc3c2c1. The van der Waals surface area contributed by atoms with E-state index in [2.05, 4.69) is 10.0 Å². The lowest BCUT2D eigenvalue weighted by atomic mass is 10.0. The first-order valence-corrected chi connectivity index (χ1v) is 22.5. The van der Waals surface area contributed by atoms with Crippen molar-refractivity contribution in [3.8, 4) is 22.8 Å². The predicted molar refractivity (Wildman–Crippen MR) is 229 cm³/mol. The van der Waals surface area contributed by atoms with E-state index in [1.165, 1.54) is 4.90 Å². The Morgan fingerprint density at radius 2 is 1.79 bits per heavy atom. The van der Waals surface area contributed by atoms with Crippen LogP contribution in [0.1, 0.15) is 84.1 Å². The van der Waals surface area contributed by atoms with Crippen LogP contribution in [0.5, 0.6) is 11.5 Å². The van der Waals surface area contributed by atoms with Gasteiger partial charge in [0.15, 0.2) is 11.3 Å². The monoisotopic (exact) mass is 857 g/mol. The summed E-state index contributed by atoms with van der Waals surface area (Å²) in [6.07, 6.45) is 7.58. The van der Waals surface area contributed by atoms with Crippen LogP contribution in [-0.4, -0.2) is 84.8 Å². The quantitative estimate of drug-likeness (QED) is 0.0777. The number of ether oxygens (including phenoxy) is 3. The van der Waals surface area contributed by atoms with Crippen LogP contribution in [0.15, 0.2) is 65.1 Å². The number of hydrogen-bond donors (Lipinski definition) is 3. The summed E-state index contributed by atoms with van der Waals surface area (Å²) in [5.41, 5.74) is 9.25. The normalized spacial score (nSPS) is 20.8. The van der Waals surface area contributed by atoms with Gasteiger partial charge < -0.3 is 34.6 Å². The van der Waals surface area contributed by atoms with E-state index >= 15 is 0 Å². The highest BCUT2D eigenvalue weighted by atomic mass is 32.2. The first-order valence-electron chi connectivity index (χ1n) is 21.0. The lowest BCUT2D eigenvalue weighted by Crippen LogP contribution is -2.53. The number of sulfonamides is 1. The second kappa shape index (κ2) is 17.8. The maximum absolute atomic E-state index is 14.3. The smallest absolute Gasteiger partial charge is 0.408 e.